The molecular formula is C13H14BrN3S. The van der Waals surface area contributed by atoms with Gasteiger partial charge >= 0.3 is 0 Å². The predicted octanol–water partition coefficient (Wildman–Crippen LogP) is 4.06. The van der Waals surface area contributed by atoms with Gasteiger partial charge in [-0.15, -0.1) is 11.8 Å². The summed E-state index contributed by atoms with van der Waals surface area (Å²) in [6.45, 7) is 2.15. The molecule has 2 rings (SSSR count). The van der Waals surface area contributed by atoms with Crippen LogP contribution < -0.4 is 5.32 Å². The van der Waals surface area contributed by atoms with E-state index in [1.165, 1.54) is 4.90 Å². The Hall–Kier alpha value is -1.07. The summed E-state index contributed by atoms with van der Waals surface area (Å²) in [6.07, 6.45) is 1.77. The summed E-state index contributed by atoms with van der Waals surface area (Å²) >= 11 is 5.23. The van der Waals surface area contributed by atoms with E-state index < -0.39 is 0 Å². The topological polar surface area (TPSA) is 37.8 Å². The molecule has 0 fully saturated rings. The van der Waals surface area contributed by atoms with E-state index in [4.69, 9.17) is 0 Å². The summed E-state index contributed by atoms with van der Waals surface area (Å²) < 4.78 is 0.868. The van der Waals surface area contributed by atoms with E-state index in [-0.39, 0.29) is 0 Å². The minimum absolute atomic E-state index is 0.732. The average molecular weight is 324 g/mol. The molecule has 0 amide bonds. The lowest BCUT2D eigenvalue weighted by Crippen LogP contribution is -1.97. The highest BCUT2D eigenvalue weighted by Gasteiger charge is 2.05. The van der Waals surface area contributed by atoms with Crippen LogP contribution >= 0.6 is 27.7 Å². The first-order valence-electron chi connectivity index (χ1n) is 5.68. The minimum Gasteiger partial charge on any atom is -0.372 e. The molecule has 5 heteroatoms. The molecule has 0 radical (unpaired) electrons. The lowest BCUT2D eigenvalue weighted by molar-refractivity contribution is 1.15. The van der Waals surface area contributed by atoms with Crippen LogP contribution in [0.2, 0.25) is 0 Å². The highest BCUT2D eigenvalue weighted by molar-refractivity contribution is 9.10. The van der Waals surface area contributed by atoms with Crippen LogP contribution in [-0.2, 0) is 0 Å². The molecule has 0 aliphatic heterocycles. The zero-order valence-corrected chi connectivity index (χ0v) is 12.7. The zero-order chi connectivity index (χ0) is 13.0. The smallest absolute Gasteiger partial charge is 0.161 e. The van der Waals surface area contributed by atoms with Crippen molar-refractivity contribution in [2.75, 3.05) is 18.1 Å². The largest absolute Gasteiger partial charge is 0.372 e. The molecular weight excluding hydrogens is 310 g/mol. The third-order valence-corrected chi connectivity index (χ3v) is 3.88. The Labute approximate surface area is 120 Å². The molecule has 3 nitrogen and oxygen atoms in total. The van der Waals surface area contributed by atoms with E-state index in [9.17, 15) is 0 Å². The number of nitrogens with one attached hydrogen (secondary N) is 1. The summed E-state index contributed by atoms with van der Waals surface area (Å²) in [4.78, 5) is 10.1. The molecule has 18 heavy (non-hydrogen) atoms. The number of halogens is 1. The molecule has 1 aromatic heterocycles. The van der Waals surface area contributed by atoms with Gasteiger partial charge < -0.3 is 5.32 Å². The Morgan fingerprint density at radius 3 is 2.61 bits per heavy atom. The van der Waals surface area contributed by atoms with Gasteiger partial charge in [0.05, 0.1) is 4.47 Å². The van der Waals surface area contributed by atoms with Crippen LogP contribution in [0.3, 0.4) is 0 Å². The summed E-state index contributed by atoms with van der Waals surface area (Å²) in [5.41, 5.74) is 1.03. The van der Waals surface area contributed by atoms with Crippen LogP contribution in [0.4, 0.5) is 5.82 Å². The van der Waals surface area contributed by atoms with Gasteiger partial charge in [0, 0.05) is 23.7 Å². The first-order valence-corrected chi connectivity index (χ1v) is 7.46. The van der Waals surface area contributed by atoms with Crippen LogP contribution in [0, 0.1) is 0 Å². The molecule has 0 aliphatic rings. The van der Waals surface area contributed by atoms with Crippen LogP contribution in [0.5, 0.6) is 0 Å². The molecule has 2 aromatic rings. The van der Waals surface area contributed by atoms with E-state index >= 15 is 0 Å². The first kappa shape index (κ1) is 13.4. The molecule has 0 unspecified atom stereocenters. The minimum atomic E-state index is 0.732. The lowest BCUT2D eigenvalue weighted by atomic mass is 10.2. The van der Waals surface area contributed by atoms with Gasteiger partial charge in [-0.25, -0.2) is 9.97 Å². The number of hydrogen-bond donors (Lipinski definition) is 1. The number of thioether (sulfide) groups is 1. The van der Waals surface area contributed by atoms with Crippen molar-refractivity contribution in [3.8, 4) is 11.4 Å². The maximum absolute atomic E-state index is 4.46. The summed E-state index contributed by atoms with van der Waals surface area (Å²) in [7, 11) is 1.85. The van der Waals surface area contributed by atoms with Crippen molar-refractivity contribution < 1.29 is 0 Å². The van der Waals surface area contributed by atoms with Crippen LogP contribution in [0.15, 0.2) is 39.8 Å². The second kappa shape index (κ2) is 6.20. The number of nitrogens with zero attached hydrogens (tertiary/aromatic N) is 2. The fraction of sp³-hybridized carbons (Fsp3) is 0.231. The second-order valence-electron chi connectivity index (χ2n) is 3.60. The lowest BCUT2D eigenvalue weighted by Gasteiger charge is -2.06. The third-order valence-electron chi connectivity index (χ3n) is 2.40. The van der Waals surface area contributed by atoms with Crippen LogP contribution in [0.1, 0.15) is 6.92 Å². The molecule has 0 saturated carbocycles. The number of benzene rings is 1. The molecule has 94 valence electrons. The number of hydrogen-bond acceptors (Lipinski definition) is 4. The normalized spacial score (nSPS) is 10.4. The van der Waals surface area contributed by atoms with Gasteiger partial charge in [0.2, 0.25) is 0 Å². The number of anilines is 1. The molecule has 0 saturated heterocycles. The van der Waals surface area contributed by atoms with E-state index in [0.717, 1.165) is 27.4 Å². The van der Waals surface area contributed by atoms with Crippen molar-refractivity contribution >= 4 is 33.5 Å². The Kier molecular flexibility index (Phi) is 4.60. The predicted molar refractivity (Wildman–Crippen MR) is 81.1 cm³/mol. The SMILES string of the molecule is CCSc1ccc(-c2ncc(Br)c(NC)n2)cc1. The Morgan fingerprint density at radius 2 is 2.00 bits per heavy atom. The van der Waals surface area contributed by atoms with Gasteiger partial charge in [0.25, 0.3) is 0 Å². The zero-order valence-electron chi connectivity index (χ0n) is 10.3. The molecule has 1 N–H and O–H groups in total. The van der Waals surface area contributed by atoms with Crippen molar-refractivity contribution in [2.45, 2.75) is 11.8 Å². The van der Waals surface area contributed by atoms with Crippen molar-refractivity contribution in [1.82, 2.24) is 9.97 Å². The standard InChI is InChI=1S/C13H14BrN3S/c1-3-18-10-6-4-9(5-7-10)12-16-8-11(14)13(15-2)17-12/h4-8H,3H2,1-2H3,(H,15,16,17). The molecule has 0 atom stereocenters. The quantitative estimate of drug-likeness (QED) is 0.861. The molecule has 0 aliphatic carbocycles. The molecule has 0 bridgehead atoms. The van der Waals surface area contributed by atoms with Crippen LogP contribution in [0.25, 0.3) is 11.4 Å². The van der Waals surface area contributed by atoms with Gasteiger partial charge in [-0.3, -0.25) is 0 Å². The number of rotatable bonds is 4. The summed E-state index contributed by atoms with van der Waals surface area (Å²) in [5.74, 6) is 2.61. The monoisotopic (exact) mass is 323 g/mol. The van der Waals surface area contributed by atoms with Crippen molar-refractivity contribution in [3.63, 3.8) is 0 Å². The van der Waals surface area contributed by atoms with Gasteiger partial charge in [0.1, 0.15) is 5.82 Å². The fourth-order valence-electron chi connectivity index (χ4n) is 1.55. The Morgan fingerprint density at radius 1 is 1.28 bits per heavy atom. The van der Waals surface area contributed by atoms with Gasteiger partial charge in [-0.2, -0.15) is 0 Å². The van der Waals surface area contributed by atoms with Crippen LogP contribution in [-0.4, -0.2) is 22.8 Å². The maximum Gasteiger partial charge on any atom is 0.161 e. The average Bonchev–Trinajstić information content (AvgIpc) is 2.41. The maximum atomic E-state index is 4.46. The highest BCUT2D eigenvalue weighted by Crippen LogP contribution is 2.25. The molecule has 1 aromatic carbocycles. The van der Waals surface area contributed by atoms with Crippen molar-refractivity contribution in [2.24, 2.45) is 0 Å². The van der Waals surface area contributed by atoms with Crippen molar-refractivity contribution in [1.29, 1.82) is 0 Å². The highest BCUT2D eigenvalue weighted by atomic mass is 79.9. The van der Waals surface area contributed by atoms with E-state index in [1.807, 2.05) is 18.8 Å². The first-order chi connectivity index (χ1) is 8.74. The Balaban J connectivity index is 2.30. The molecule has 1 heterocycles. The van der Waals surface area contributed by atoms with Gasteiger partial charge in [-0.1, -0.05) is 19.1 Å². The molecule has 0 spiro atoms. The Bertz CT molecular complexity index is 528. The summed E-state index contributed by atoms with van der Waals surface area (Å²) in [6, 6.07) is 8.32. The van der Waals surface area contributed by atoms with E-state index in [2.05, 4.69) is 62.4 Å². The fourth-order valence-corrected chi connectivity index (χ4v) is 2.60. The third kappa shape index (κ3) is 3.03. The van der Waals surface area contributed by atoms with Gasteiger partial charge in [0.15, 0.2) is 5.82 Å². The van der Waals surface area contributed by atoms with E-state index in [1.54, 1.807) is 6.20 Å². The number of aromatic nitrogens is 2. The second-order valence-corrected chi connectivity index (χ2v) is 5.79. The van der Waals surface area contributed by atoms with E-state index in [0.29, 0.717) is 0 Å². The van der Waals surface area contributed by atoms with Crippen molar-refractivity contribution in [3.05, 3.63) is 34.9 Å². The summed E-state index contributed by atoms with van der Waals surface area (Å²) in [5, 5.41) is 3.03. The van der Waals surface area contributed by atoms with Gasteiger partial charge in [-0.05, 0) is 33.8 Å².